The first kappa shape index (κ1) is 16.0. The lowest BCUT2D eigenvalue weighted by Gasteiger charge is -2.36. The fraction of sp³-hybridized carbons (Fsp3) is 0.812. The summed E-state index contributed by atoms with van der Waals surface area (Å²) < 4.78 is 3.16. The van der Waals surface area contributed by atoms with Crippen molar-refractivity contribution in [1.29, 1.82) is 0 Å². The second-order valence-corrected chi connectivity index (χ2v) is 7.85. The molecule has 2 rings (SSSR count). The summed E-state index contributed by atoms with van der Waals surface area (Å²) in [6.07, 6.45) is 7.03. The highest BCUT2D eigenvalue weighted by molar-refractivity contribution is 9.10. The molecule has 0 aliphatic heterocycles. The summed E-state index contributed by atoms with van der Waals surface area (Å²) >= 11 is 3.69. The Labute approximate surface area is 131 Å². The summed E-state index contributed by atoms with van der Waals surface area (Å²) in [6, 6.07) is 0.252. The zero-order chi connectivity index (χ0) is 14.9. The monoisotopic (exact) mass is 341 g/mol. The predicted molar refractivity (Wildman–Crippen MR) is 87.7 cm³/mol. The number of hydrogen-bond acceptors (Lipinski definition) is 2. The maximum atomic E-state index is 6.50. The summed E-state index contributed by atoms with van der Waals surface area (Å²) in [4.78, 5) is 0. The molecule has 0 radical (unpaired) electrons. The average Bonchev–Trinajstić information content (AvgIpc) is 2.66. The Kier molecular flexibility index (Phi) is 4.96. The molecule has 0 amide bonds. The van der Waals surface area contributed by atoms with Gasteiger partial charge in [-0.05, 0) is 59.4 Å². The molecular formula is C16H28BrN3. The number of aryl methyl sites for hydroxylation is 2. The summed E-state index contributed by atoms with van der Waals surface area (Å²) in [5, 5.41) is 4.56. The van der Waals surface area contributed by atoms with Gasteiger partial charge in [-0.15, -0.1) is 0 Å². The van der Waals surface area contributed by atoms with Gasteiger partial charge >= 0.3 is 0 Å². The summed E-state index contributed by atoms with van der Waals surface area (Å²) in [7, 11) is 2.02. The third kappa shape index (κ3) is 3.45. The molecule has 3 nitrogen and oxygen atoms in total. The molecule has 1 saturated carbocycles. The Morgan fingerprint density at radius 3 is 2.50 bits per heavy atom. The van der Waals surface area contributed by atoms with Gasteiger partial charge in [-0.25, -0.2) is 0 Å². The van der Waals surface area contributed by atoms with Gasteiger partial charge in [-0.2, -0.15) is 5.10 Å². The Morgan fingerprint density at radius 2 is 2.00 bits per heavy atom. The van der Waals surface area contributed by atoms with E-state index >= 15 is 0 Å². The number of nitrogens with zero attached hydrogens (tertiary/aromatic N) is 2. The highest BCUT2D eigenvalue weighted by Gasteiger charge is 2.30. The van der Waals surface area contributed by atoms with Gasteiger partial charge in [-0.1, -0.05) is 20.8 Å². The van der Waals surface area contributed by atoms with Crippen LogP contribution in [0.1, 0.15) is 57.8 Å². The molecule has 1 heterocycles. The van der Waals surface area contributed by atoms with E-state index < -0.39 is 0 Å². The average molecular weight is 342 g/mol. The number of nitrogens with two attached hydrogens (primary N) is 1. The van der Waals surface area contributed by atoms with E-state index in [1.165, 1.54) is 31.4 Å². The van der Waals surface area contributed by atoms with Crippen LogP contribution in [-0.2, 0) is 19.9 Å². The van der Waals surface area contributed by atoms with Crippen molar-refractivity contribution in [3.8, 4) is 0 Å². The third-order valence-corrected chi connectivity index (χ3v) is 5.84. The van der Waals surface area contributed by atoms with Crippen LogP contribution >= 0.6 is 15.9 Å². The molecule has 1 aromatic rings. The molecule has 114 valence electrons. The van der Waals surface area contributed by atoms with Crippen LogP contribution in [0.2, 0.25) is 0 Å². The first-order valence-corrected chi connectivity index (χ1v) is 8.59. The van der Waals surface area contributed by atoms with Crippen molar-refractivity contribution >= 4 is 15.9 Å². The lowest BCUT2D eigenvalue weighted by molar-refractivity contribution is 0.172. The third-order valence-electron chi connectivity index (χ3n) is 4.92. The molecule has 2 N–H and O–H groups in total. The van der Waals surface area contributed by atoms with E-state index in [-0.39, 0.29) is 6.04 Å². The summed E-state index contributed by atoms with van der Waals surface area (Å²) in [5.74, 6) is 0.662. The normalized spacial score (nSPS) is 21.1. The van der Waals surface area contributed by atoms with Crippen LogP contribution in [0.25, 0.3) is 0 Å². The lowest BCUT2D eigenvalue weighted by Crippen LogP contribution is -2.37. The van der Waals surface area contributed by atoms with Gasteiger partial charge in [0.1, 0.15) is 0 Å². The number of rotatable bonds is 4. The lowest BCUT2D eigenvalue weighted by atomic mass is 9.71. The van der Waals surface area contributed by atoms with Crippen molar-refractivity contribution < 1.29 is 0 Å². The van der Waals surface area contributed by atoms with E-state index in [4.69, 9.17) is 5.73 Å². The van der Waals surface area contributed by atoms with Crippen LogP contribution in [-0.4, -0.2) is 15.8 Å². The van der Waals surface area contributed by atoms with Crippen LogP contribution in [0.4, 0.5) is 0 Å². The van der Waals surface area contributed by atoms with Gasteiger partial charge < -0.3 is 5.73 Å². The molecule has 0 bridgehead atoms. The van der Waals surface area contributed by atoms with E-state index in [9.17, 15) is 0 Å². The Bertz CT molecular complexity index is 455. The minimum atomic E-state index is 0.252. The molecule has 1 fully saturated rings. The van der Waals surface area contributed by atoms with Crippen LogP contribution in [0.15, 0.2) is 4.47 Å². The van der Waals surface area contributed by atoms with Gasteiger partial charge in [0.05, 0.1) is 15.9 Å². The van der Waals surface area contributed by atoms with Crippen molar-refractivity contribution in [2.24, 2.45) is 24.1 Å². The molecule has 1 atom stereocenters. The standard InChI is InChI=1S/C16H28BrN3/c1-5-13-15(17)14(20(4)19-13)10-12(18)11-6-8-16(2,3)9-7-11/h11-12H,5-10,18H2,1-4H3. The van der Waals surface area contributed by atoms with Gasteiger partial charge in [0.15, 0.2) is 0 Å². The first-order chi connectivity index (χ1) is 9.34. The van der Waals surface area contributed by atoms with Crippen LogP contribution in [0.5, 0.6) is 0 Å². The maximum absolute atomic E-state index is 6.50. The largest absolute Gasteiger partial charge is 0.327 e. The quantitative estimate of drug-likeness (QED) is 0.904. The van der Waals surface area contributed by atoms with Crippen molar-refractivity contribution in [3.05, 3.63) is 15.9 Å². The zero-order valence-corrected chi connectivity index (χ0v) is 14.8. The first-order valence-electron chi connectivity index (χ1n) is 7.80. The van der Waals surface area contributed by atoms with Crippen molar-refractivity contribution in [3.63, 3.8) is 0 Å². The molecule has 1 aliphatic rings. The van der Waals surface area contributed by atoms with E-state index in [0.717, 1.165) is 23.0 Å². The molecule has 4 heteroatoms. The van der Waals surface area contributed by atoms with Crippen LogP contribution in [0.3, 0.4) is 0 Å². The molecule has 0 aromatic carbocycles. The van der Waals surface area contributed by atoms with E-state index in [1.807, 2.05) is 11.7 Å². The second kappa shape index (κ2) is 6.18. The van der Waals surface area contributed by atoms with Crippen LogP contribution in [0, 0.1) is 11.3 Å². The fourth-order valence-electron chi connectivity index (χ4n) is 3.28. The number of aromatic nitrogens is 2. The number of hydrogen-bond donors (Lipinski definition) is 1. The Balaban J connectivity index is 2.02. The Hall–Kier alpha value is -0.350. The molecule has 1 aliphatic carbocycles. The summed E-state index contributed by atoms with van der Waals surface area (Å²) in [5.41, 5.74) is 9.40. The zero-order valence-electron chi connectivity index (χ0n) is 13.2. The van der Waals surface area contributed by atoms with E-state index in [1.54, 1.807) is 0 Å². The highest BCUT2D eigenvalue weighted by Crippen LogP contribution is 2.39. The molecular weight excluding hydrogens is 314 g/mol. The molecule has 1 aromatic heterocycles. The Morgan fingerprint density at radius 1 is 1.40 bits per heavy atom. The molecule has 20 heavy (non-hydrogen) atoms. The van der Waals surface area contributed by atoms with Crippen LogP contribution < -0.4 is 5.73 Å². The van der Waals surface area contributed by atoms with Crippen molar-refractivity contribution in [2.45, 2.75) is 65.3 Å². The summed E-state index contributed by atoms with van der Waals surface area (Å²) in [6.45, 7) is 6.89. The SMILES string of the molecule is CCc1nn(C)c(CC(N)C2CCC(C)(C)CC2)c1Br. The van der Waals surface area contributed by atoms with E-state index in [0.29, 0.717) is 11.3 Å². The van der Waals surface area contributed by atoms with Gasteiger partial charge in [-0.3, -0.25) is 4.68 Å². The predicted octanol–water partition coefficient (Wildman–Crippen LogP) is 3.83. The highest BCUT2D eigenvalue weighted by atomic mass is 79.9. The fourth-order valence-corrected chi connectivity index (χ4v) is 4.06. The van der Waals surface area contributed by atoms with Gasteiger partial charge in [0, 0.05) is 19.5 Å². The minimum absolute atomic E-state index is 0.252. The van der Waals surface area contributed by atoms with Gasteiger partial charge in [0.25, 0.3) is 0 Å². The molecule has 1 unspecified atom stereocenters. The smallest absolute Gasteiger partial charge is 0.0766 e. The van der Waals surface area contributed by atoms with Crippen molar-refractivity contribution in [2.75, 3.05) is 0 Å². The maximum Gasteiger partial charge on any atom is 0.0766 e. The van der Waals surface area contributed by atoms with Crippen molar-refractivity contribution in [1.82, 2.24) is 9.78 Å². The number of halogens is 1. The topological polar surface area (TPSA) is 43.8 Å². The molecule has 0 spiro atoms. The van der Waals surface area contributed by atoms with E-state index in [2.05, 4.69) is 41.8 Å². The second-order valence-electron chi connectivity index (χ2n) is 7.05. The minimum Gasteiger partial charge on any atom is -0.327 e. The molecule has 0 saturated heterocycles. The van der Waals surface area contributed by atoms with Gasteiger partial charge in [0.2, 0.25) is 0 Å².